The van der Waals surface area contributed by atoms with Crippen LogP contribution in [-0.4, -0.2) is 4.98 Å². The highest BCUT2D eigenvalue weighted by atomic mass is 14.7. The summed E-state index contributed by atoms with van der Waals surface area (Å²) in [7, 11) is 0. The van der Waals surface area contributed by atoms with Crippen LogP contribution < -0.4 is 0 Å². The second-order valence-corrected chi connectivity index (χ2v) is 6.22. The van der Waals surface area contributed by atoms with Gasteiger partial charge in [-0.3, -0.25) is 0 Å². The Morgan fingerprint density at radius 3 is 1.78 bits per heavy atom. The number of aromatic amines is 1. The zero-order valence-electron chi connectivity index (χ0n) is 12.5. The summed E-state index contributed by atoms with van der Waals surface area (Å²) in [4.78, 5) is 3.65. The van der Waals surface area contributed by atoms with E-state index in [1.165, 1.54) is 27.7 Å². The molecule has 98 valence electrons. The van der Waals surface area contributed by atoms with Crippen molar-refractivity contribution in [3.63, 3.8) is 0 Å². The minimum absolute atomic E-state index is 0.544. The Morgan fingerprint density at radius 2 is 1.28 bits per heavy atom. The Morgan fingerprint density at radius 1 is 0.722 bits per heavy atom. The highest BCUT2D eigenvalue weighted by Crippen LogP contribution is 2.33. The minimum atomic E-state index is 0.544. The third-order valence-electron chi connectivity index (χ3n) is 3.71. The molecule has 0 unspecified atom stereocenters. The van der Waals surface area contributed by atoms with Crippen molar-refractivity contribution in [1.82, 2.24) is 4.98 Å². The third-order valence-corrected chi connectivity index (χ3v) is 3.71. The first-order valence-corrected chi connectivity index (χ1v) is 7.07. The number of hydrogen-bond acceptors (Lipinski definition) is 0. The van der Waals surface area contributed by atoms with Crippen LogP contribution in [0, 0.1) is 0 Å². The van der Waals surface area contributed by atoms with E-state index in [-0.39, 0.29) is 0 Å². The second-order valence-electron chi connectivity index (χ2n) is 6.22. The number of nitrogens with one attached hydrogen (secondary N) is 1. The molecule has 1 nitrogen and oxygen atoms in total. The summed E-state index contributed by atoms with van der Waals surface area (Å²) in [6.07, 6.45) is 0. The molecule has 0 aliphatic heterocycles. The summed E-state index contributed by atoms with van der Waals surface area (Å²) in [6, 6.07) is 6.94. The third kappa shape index (κ3) is 2.19. The maximum atomic E-state index is 3.65. The molecule has 0 fully saturated rings. The van der Waals surface area contributed by atoms with E-state index in [0.717, 1.165) is 0 Å². The number of aromatic nitrogens is 1. The number of H-pyrrole nitrogens is 1. The van der Waals surface area contributed by atoms with Crippen LogP contribution in [0.4, 0.5) is 0 Å². The first kappa shape index (κ1) is 13.2. The molecule has 0 spiro atoms. The Labute approximate surface area is 111 Å². The maximum Gasteiger partial charge on any atom is 0.0255 e. The Hall–Kier alpha value is -1.24. The van der Waals surface area contributed by atoms with E-state index in [1.54, 1.807) is 0 Å². The molecular weight excluding hydrogens is 218 g/mol. The molecule has 0 amide bonds. The molecule has 2 aromatic rings. The molecule has 0 aliphatic rings. The molecule has 0 atom stereocenters. The van der Waals surface area contributed by atoms with E-state index in [4.69, 9.17) is 0 Å². The van der Waals surface area contributed by atoms with Gasteiger partial charge in [0.25, 0.3) is 0 Å². The van der Waals surface area contributed by atoms with Crippen molar-refractivity contribution >= 4 is 10.8 Å². The van der Waals surface area contributed by atoms with Crippen molar-refractivity contribution in [2.75, 3.05) is 0 Å². The standard InChI is InChI=1S/C17H25N/c1-10(2)13-7-8-14-15(9-13)17(12(5)6)18-16(14)11(3)4/h7-12,18H,1-6H3. The highest BCUT2D eigenvalue weighted by molar-refractivity contribution is 5.89. The maximum absolute atomic E-state index is 3.65. The topological polar surface area (TPSA) is 15.8 Å². The van der Waals surface area contributed by atoms with Crippen LogP contribution in [0.15, 0.2) is 18.2 Å². The summed E-state index contributed by atoms with van der Waals surface area (Å²) in [5.41, 5.74) is 4.19. The summed E-state index contributed by atoms with van der Waals surface area (Å²) < 4.78 is 0. The van der Waals surface area contributed by atoms with E-state index in [0.29, 0.717) is 17.8 Å². The molecule has 0 bridgehead atoms. The van der Waals surface area contributed by atoms with Crippen LogP contribution in [0.1, 0.15) is 76.2 Å². The van der Waals surface area contributed by atoms with Gasteiger partial charge in [-0.1, -0.05) is 53.7 Å². The number of rotatable bonds is 3. The first-order chi connectivity index (χ1) is 8.41. The molecule has 1 heterocycles. The normalized spacial score (nSPS) is 12.3. The van der Waals surface area contributed by atoms with Gasteiger partial charge in [-0.15, -0.1) is 0 Å². The van der Waals surface area contributed by atoms with Crippen LogP contribution in [0.5, 0.6) is 0 Å². The number of benzene rings is 1. The van der Waals surface area contributed by atoms with Gasteiger partial charge in [0.15, 0.2) is 0 Å². The molecule has 0 aliphatic carbocycles. The predicted octanol–water partition coefficient (Wildman–Crippen LogP) is 5.54. The van der Waals surface area contributed by atoms with Crippen LogP contribution in [0.25, 0.3) is 10.8 Å². The molecular formula is C17H25N. The van der Waals surface area contributed by atoms with Crippen LogP contribution >= 0.6 is 0 Å². The fraction of sp³-hybridized carbons (Fsp3) is 0.529. The van der Waals surface area contributed by atoms with Crippen molar-refractivity contribution in [2.45, 2.75) is 59.3 Å². The zero-order chi connectivity index (χ0) is 13.4. The van der Waals surface area contributed by atoms with E-state index in [1.807, 2.05) is 0 Å². The van der Waals surface area contributed by atoms with Crippen molar-refractivity contribution in [3.05, 3.63) is 35.2 Å². The lowest BCUT2D eigenvalue weighted by Gasteiger charge is -2.07. The van der Waals surface area contributed by atoms with Crippen molar-refractivity contribution in [2.24, 2.45) is 0 Å². The van der Waals surface area contributed by atoms with E-state index < -0.39 is 0 Å². The van der Waals surface area contributed by atoms with E-state index >= 15 is 0 Å². The lowest BCUT2D eigenvalue weighted by molar-refractivity contribution is 0.793. The van der Waals surface area contributed by atoms with Gasteiger partial charge < -0.3 is 4.98 Å². The van der Waals surface area contributed by atoms with Crippen LogP contribution in [0.3, 0.4) is 0 Å². The first-order valence-electron chi connectivity index (χ1n) is 7.07. The molecule has 0 radical (unpaired) electrons. The Bertz CT molecular complexity index is 544. The second kappa shape index (κ2) is 4.79. The van der Waals surface area contributed by atoms with E-state index in [2.05, 4.69) is 64.7 Å². The largest absolute Gasteiger partial charge is 0.361 e. The number of fused-ring (bicyclic) bond motifs is 1. The lowest BCUT2D eigenvalue weighted by Crippen LogP contribution is -1.91. The average Bonchev–Trinajstić information content (AvgIpc) is 2.67. The van der Waals surface area contributed by atoms with Crippen molar-refractivity contribution in [3.8, 4) is 0 Å². The average molecular weight is 243 g/mol. The molecule has 1 aromatic carbocycles. The van der Waals surface area contributed by atoms with Crippen molar-refractivity contribution in [1.29, 1.82) is 0 Å². The molecule has 2 rings (SSSR count). The summed E-state index contributed by atoms with van der Waals surface area (Å²) in [6.45, 7) is 13.5. The fourth-order valence-electron chi connectivity index (χ4n) is 2.57. The fourth-order valence-corrected chi connectivity index (χ4v) is 2.57. The lowest BCUT2D eigenvalue weighted by atomic mass is 9.96. The minimum Gasteiger partial charge on any atom is -0.361 e. The predicted molar refractivity (Wildman–Crippen MR) is 80.6 cm³/mol. The Balaban J connectivity index is 2.71. The summed E-state index contributed by atoms with van der Waals surface area (Å²) >= 11 is 0. The van der Waals surface area contributed by atoms with Crippen LogP contribution in [0.2, 0.25) is 0 Å². The monoisotopic (exact) mass is 243 g/mol. The zero-order valence-corrected chi connectivity index (χ0v) is 12.5. The van der Waals surface area contributed by atoms with Gasteiger partial charge >= 0.3 is 0 Å². The van der Waals surface area contributed by atoms with Gasteiger partial charge in [0.1, 0.15) is 0 Å². The molecule has 1 aromatic heterocycles. The van der Waals surface area contributed by atoms with E-state index in [9.17, 15) is 0 Å². The molecule has 1 N–H and O–H groups in total. The quantitative estimate of drug-likeness (QED) is 0.728. The number of hydrogen-bond donors (Lipinski definition) is 1. The van der Waals surface area contributed by atoms with Gasteiger partial charge in [-0.2, -0.15) is 0 Å². The van der Waals surface area contributed by atoms with Gasteiger partial charge in [-0.25, -0.2) is 0 Å². The summed E-state index contributed by atoms with van der Waals surface area (Å²) in [5.74, 6) is 1.68. The van der Waals surface area contributed by atoms with Gasteiger partial charge in [0, 0.05) is 22.2 Å². The van der Waals surface area contributed by atoms with Gasteiger partial charge in [0.05, 0.1) is 0 Å². The smallest absolute Gasteiger partial charge is 0.0255 e. The Kier molecular flexibility index (Phi) is 3.52. The molecule has 1 heteroatoms. The highest BCUT2D eigenvalue weighted by Gasteiger charge is 2.15. The van der Waals surface area contributed by atoms with Gasteiger partial charge in [-0.05, 0) is 29.4 Å². The molecule has 0 saturated heterocycles. The molecule has 18 heavy (non-hydrogen) atoms. The van der Waals surface area contributed by atoms with Gasteiger partial charge in [0.2, 0.25) is 0 Å². The van der Waals surface area contributed by atoms with Crippen molar-refractivity contribution < 1.29 is 0 Å². The molecule has 0 saturated carbocycles. The van der Waals surface area contributed by atoms with Crippen LogP contribution in [-0.2, 0) is 0 Å². The summed E-state index contributed by atoms with van der Waals surface area (Å²) in [5, 5.41) is 2.82. The SMILES string of the molecule is CC(C)c1ccc2c(C(C)C)[nH]c(C(C)C)c2c1.